The monoisotopic (exact) mass is 494 g/mol. The summed E-state index contributed by atoms with van der Waals surface area (Å²) in [7, 11) is 2.89. The molecule has 36 heavy (non-hydrogen) atoms. The Balaban J connectivity index is 1.56. The lowest BCUT2D eigenvalue weighted by Crippen LogP contribution is -2.32. The number of ketones is 2. The Hall–Kier alpha value is -4.11. The molecular formula is C27H30N2O7. The van der Waals surface area contributed by atoms with Crippen LogP contribution in [0.4, 0.5) is 4.79 Å². The number of likely N-dealkylation sites (tertiary alicyclic amines) is 1. The quantitative estimate of drug-likeness (QED) is 0.380. The molecule has 1 aliphatic rings. The van der Waals surface area contributed by atoms with E-state index in [9.17, 15) is 19.5 Å². The third-order valence-electron chi connectivity index (χ3n) is 5.74. The van der Waals surface area contributed by atoms with E-state index >= 15 is 0 Å². The molecule has 3 N–H and O–H groups in total. The van der Waals surface area contributed by atoms with E-state index in [-0.39, 0.29) is 41.2 Å². The zero-order valence-corrected chi connectivity index (χ0v) is 20.3. The van der Waals surface area contributed by atoms with E-state index in [0.29, 0.717) is 36.5 Å². The summed E-state index contributed by atoms with van der Waals surface area (Å²) in [6.45, 7) is 1.70. The van der Waals surface area contributed by atoms with Gasteiger partial charge in [-0.25, -0.2) is 4.79 Å². The fourth-order valence-electron chi connectivity index (χ4n) is 3.69. The molecule has 0 aromatic heterocycles. The van der Waals surface area contributed by atoms with Crippen molar-refractivity contribution in [3.8, 4) is 23.0 Å². The number of ether oxygens (including phenoxy) is 3. The molecule has 1 saturated heterocycles. The molecule has 0 bridgehead atoms. The number of phenolic OH excluding ortho intramolecular Hbond substituents is 1. The van der Waals surface area contributed by atoms with Gasteiger partial charge in [0, 0.05) is 13.1 Å². The van der Waals surface area contributed by atoms with Gasteiger partial charge in [-0.2, -0.15) is 0 Å². The van der Waals surface area contributed by atoms with Crippen LogP contribution in [-0.4, -0.2) is 61.5 Å². The van der Waals surface area contributed by atoms with Gasteiger partial charge >= 0.3 is 6.09 Å². The summed E-state index contributed by atoms with van der Waals surface area (Å²) in [6, 6.07) is 9.58. The van der Waals surface area contributed by atoms with Crippen molar-refractivity contribution in [2.24, 2.45) is 11.7 Å². The van der Waals surface area contributed by atoms with Crippen molar-refractivity contribution in [2.75, 3.05) is 33.9 Å². The molecule has 1 aliphatic heterocycles. The summed E-state index contributed by atoms with van der Waals surface area (Å²) in [5.41, 5.74) is 6.97. The maximum Gasteiger partial charge on any atom is 0.415 e. The lowest BCUT2D eigenvalue weighted by atomic mass is 10.1. The number of methoxy groups -OCH3 is 2. The molecule has 1 amide bonds. The van der Waals surface area contributed by atoms with Crippen LogP contribution in [0, 0.1) is 5.92 Å². The van der Waals surface area contributed by atoms with Crippen molar-refractivity contribution in [2.45, 2.75) is 12.8 Å². The fraction of sp³-hybridized carbons (Fsp3) is 0.296. The van der Waals surface area contributed by atoms with E-state index in [1.54, 1.807) is 47.4 Å². The molecule has 1 heterocycles. The first-order valence-corrected chi connectivity index (χ1v) is 11.5. The second-order valence-corrected chi connectivity index (χ2v) is 8.32. The Bertz CT molecular complexity index is 1170. The summed E-state index contributed by atoms with van der Waals surface area (Å²) < 4.78 is 15.9. The topological polar surface area (TPSA) is 128 Å². The minimum atomic E-state index is -0.458. The highest BCUT2D eigenvalue weighted by atomic mass is 16.6. The van der Waals surface area contributed by atoms with Crippen molar-refractivity contribution in [1.82, 2.24) is 4.90 Å². The van der Waals surface area contributed by atoms with Crippen LogP contribution < -0.4 is 19.9 Å². The average molecular weight is 495 g/mol. The maximum atomic E-state index is 12.4. The number of allylic oxidation sites excluding steroid dienone is 2. The van der Waals surface area contributed by atoms with Gasteiger partial charge in [-0.05, 0) is 66.4 Å². The van der Waals surface area contributed by atoms with Crippen LogP contribution >= 0.6 is 0 Å². The summed E-state index contributed by atoms with van der Waals surface area (Å²) in [5, 5.41) is 9.63. The van der Waals surface area contributed by atoms with Crippen LogP contribution in [0.25, 0.3) is 12.2 Å². The van der Waals surface area contributed by atoms with E-state index in [1.807, 2.05) is 0 Å². The van der Waals surface area contributed by atoms with Gasteiger partial charge in [0.2, 0.25) is 0 Å². The van der Waals surface area contributed by atoms with Crippen LogP contribution in [0.1, 0.15) is 24.0 Å². The SMILES string of the molecule is COc1cc(C=CC(=O)CC(=O)C=Cc2ccc(OC(=O)N3CCC(CN)C3)c(OC)c2)ccc1O. The Morgan fingerprint density at radius 3 is 2.17 bits per heavy atom. The van der Waals surface area contributed by atoms with Crippen LogP contribution in [0.3, 0.4) is 0 Å². The van der Waals surface area contributed by atoms with Gasteiger partial charge in [-0.15, -0.1) is 0 Å². The van der Waals surface area contributed by atoms with Crippen molar-refractivity contribution in [1.29, 1.82) is 0 Å². The molecule has 2 aromatic carbocycles. The number of rotatable bonds is 10. The molecule has 0 radical (unpaired) electrons. The second kappa shape index (κ2) is 12.6. The van der Waals surface area contributed by atoms with Gasteiger partial charge < -0.3 is 30.0 Å². The number of amides is 1. The lowest BCUT2D eigenvalue weighted by Gasteiger charge is -2.17. The predicted octanol–water partition coefficient (Wildman–Crippen LogP) is 3.44. The average Bonchev–Trinajstić information content (AvgIpc) is 3.37. The highest BCUT2D eigenvalue weighted by Gasteiger charge is 2.27. The molecule has 3 rings (SSSR count). The normalized spacial score (nSPS) is 15.4. The highest BCUT2D eigenvalue weighted by molar-refractivity contribution is 6.10. The van der Waals surface area contributed by atoms with Crippen LogP contribution in [0.2, 0.25) is 0 Å². The van der Waals surface area contributed by atoms with E-state index in [1.165, 1.54) is 32.4 Å². The molecule has 190 valence electrons. The third-order valence-corrected chi connectivity index (χ3v) is 5.74. The van der Waals surface area contributed by atoms with Gasteiger partial charge in [-0.3, -0.25) is 9.59 Å². The summed E-state index contributed by atoms with van der Waals surface area (Å²) >= 11 is 0. The van der Waals surface area contributed by atoms with Crippen molar-refractivity contribution in [3.05, 3.63) is 59.7 Å². The van der Waals surface area contributed by atoms with E-state index in [2.05, 4.69) is 0 Å². The number of hydrogen-bond acceptors (Lipinski definition) is 8. The van der Waals surface area contributed by atoms with Crippen molar-refractivity contribution in [3.63, 3.8) is 0 Å². The van der Waals surface area contributed by atoms with Crippen LogP contribution in [0.15, 0.2) is 48.6 Å². The molecule has 0 spiro atoms. The first kappa shape index (κ1) is 26.5. The number of nitrogens with zero attached hydrogens (tertiary/aromatic N) is 1. The van der Waals surface area contributed by atoms with Gasteiger partial charge in [0.05, 0.1) is 20.6 Å². The highest BCUT2D eigenvalue weighted by Crippen LogP contribution is 2.30. The number of aromatic hydroxyl groups is 1. The number of phenols is 1. The number of carbonyl (C=O) groups is 3. The minimum Gasteiger partial charge on any atom is -0.504 e. The molecular weight excluding hydrogens is 464 g/mol. The predicted molar refractivity (Wildman–Crippen MR) is 135 cm³/mol. The number of benzene rings is 2. The Morgan fingerprint density at radius 1 is 0.972 bits per heavy atom. The number of hydrogen-bond donors (Lipinski definition) is 2. The van der Waals surface area contributed by atoms with Crippen LogP contribution in [-0.2, 0) is 9.59 Å². The van der Waals surface area contributed by atoms with Crippen LogP contribution in [0.5, 0.6) is 23.0 Å². The van der Waals surface area contributed by atoms with Gasteiger partial charge in [0.15, 0.2) is 34.6 Å². The minimum absolute atomic E-state index is 0.00337. The first-order valence-electron chi connectivity index (χ1n) is 11.5. The molecule has 9 heteroatoms. The van der Waals surface area contributed by atoms with Gasteiger partial charge in [0.25, 0.3) is 0 Å². The number of nitrogens with two attached hydrogens (primary N) is 1. The second-order valence-electron chi connectivity index (χ2n) is 8.32. The zero-order chi connectivity index (χ0) is 26.1. The van der Waals surface area contributed by atoms with Gasteiger partial charge in [-0.1, -0.05) is 24.3 Å². The molecule has 9 nitrogen and oxygen atoms in total. The molecule has 1 unspecified atom stereocenters. The molecule has 1 atom stereocenters. The van der Waals surface area contributed by atoms with E-state index < -0.39 is 6.09 Å². The van der Waals surface area contributed by atoms with Crippen molar-refractivity contribution >= 4 is 29.8 Å². The fourth-order valence-corrected chi connectivity index (χ4v) is 3.69. The standard InChI is InChI=1S/C27H30N2O7/c1-34-25-13-18(5-9-23(25)32)3-7-21(30)15-22(31)8-4-19-6-10-24(26(14-19)35-2)36-27(33)29-12-11-20(16-28)17-29/h3-10,13-14,20,32H,11-12,15-17,28H2,1-2H3. The Morgan fingerprint density at radius 2 is 1.58 bits per heavy atom. The molecule has 1 fully saturated rings. The zero-order valence-electron chi connectivity index (χ0n) is 20.3. The lowest BCUT2D eigenvalue weighted by molar-refractivity contribution is -0.121. The summed E-state index contributed by atoms with van der Waals surface area (Å²) in [5.74, 6) is 0.445. The summed E-state index contributed by atoms with van der Waals surface area (Å²) in [6.07, 6.45) is 5.82. The third kappa shape index (κ3) is 7.19. The molecule has 0 saturated carbocycles. The maximum absolute atomic E-state index is 12.4. The largest absolute Gasteiger partial charge is 0.504 e. The number of carbonyl (C=O) groups excluding carboxylic acids is 3. The Kier molecular flexibility index (Phi) is 9.24. The molecule has 2 aromatic rings. The Labute approximate surface area is 209 Å². The summed E-state index contributed by atoms with van der Waals surface area (Å²) in [4.78, 5) is 38.4. The molecule has 0 aliphatic carbocycles. The van der Waals surface area contributed by atoms with E-state index in [0.717, 1.165) is 6.42 Å². The van der Waals surface area contributed by atoms with Gasteiger partial charge in [0.1, 0.15) is 0 Å². The van der Waals surface area contributed by atoms with E-state index in [4.69, 9.17) is 19.9 Å². The smallest absolute Gasteiger partial charge is 0.415 e. The van der Waals surface area contributed by atoms with Crippen molar-refractivity contribution < 1.29 is 33.7 Å². The first-order chi connectivity index (χ1) is 17.3.